The molecule has 6 nitrogen and oxygen atoms in total. The van der Waals surface area contributed by atoms with Crippen molar-refractivity contribution in [1.29, 1.82) is 0 Å². The fraction of sp³-hybridized carbons (Fsp3) is 0.316. The monoisotopic (exact) mass is 403 g/mol. The Labute approximate surface area is 165 Å². The number of rotatable bonds is 7. The van der Waals surface area contributed by atoms with Crippen molar-refractivity contribution < 1.29 is 9.53 Å². The van der Waals surface area contributed by atoms with Crippen LogP contribution in [0.5, 0.6) is 5.75 Å². The molecule has 8 heteroatoms. The van der Waals surface area contributed by atoms with Crippen LogP contribution >= 0.6 is 23.1 Å². The lowest BCUT2D eigenvalue weighted by molar-refractivity contribution is -0.120. The van der Waals surface area contributed by atoms with Gasteiger partial charge >= 0.3 is 0 Å². The second-order valence-corrected chi connectivity index (χ2v) is 8.09. The Morgan fingerprint density at radius 2 is 2.15 bits per heavy atom. The van der Waals surface area contributed by atoms with Crippen LogP contribution in [-0.2, 0) is 17.9 Å². The number of para-hydroxylation sites is 1. The lowest BCUT2D eigenvalue weighted by atomic mass is 10.2. The minimum Gasteiger partial charge on any atom is -0.496 e. The van der Waals surface area contributed by atoms with Gasteiger partial charge in [0.1, 0.15) is 10.4 Å². The van der Waals surface area contributed by atoms with Gasteiger partial charge in [0.2, 0.25) is 5.91 Å². The van der Waals surface area contributed by atoms with Crippen LogP contribution in [0.15, 0.2) is 45.7 Å². The summed E-state index contributed by atoms with van der Waals surface area (Å²) in [5.41, 5.74) is 1.54. The number of amides is 1. The van der Waals surface area contributed by atoms with E-state index in [4.69, 9.17) is 4.74 Å². The molecule has 27 heavy (non-hydrogen) atoms. The zero-order valence-electron chi connectivity index (χ0n) is 15.4. The molecule has 142 valence electrons. The molecule has 0 radical (unpaired) electrons. The fourth-order valence-electron chi connectivity index (χ4n) is 2.68. The number of thiophene rings is 1. The predicted molar refractivity (Wildman–Crippen MR) is 110 cm³/mol. The summed E-state index contributed by atoms with van der Waals surface area (Å²) in [6.07, 6.45) is 0. The molecule has 2 heterocycles. The van der Waals surface area contributed by atoms with Gasteiger partial charge in [-0.1, -0.05) is 30.0 Å². The maximum absolute atomic E-state index is 12.6. The van der Waals surface area contributed by atoms with E-state index < -0.39 is 0 Å². The van der Waals surface area contributed by atoms with Crippen molar-refractivity contribution in [3.8, 4) is 5.75 Å². The summed E-state index contributed by atoms with van der Waals surface area (Å²) in [6, 6.07) is 9.40. The van der Waals surface area contributed by atoms with E-state index in [2.05, 4.69) is 10.3 Å². The Hall–Kier alpha value is -2.32. The summed E-state index contributed by atoms with van der Waals surface area (Å²) in [5, 5.41) is 4.96. The van der Waals surface area contributed by atoms with E-state index in [-0.39, 0.29) is 16.7 Å². The first kappa shape index (κ1) is 19.4. The summed E-state index contributed by atoms with van der Waals surface area (Å²) in [4.78, 5) is 29.7. The van der Waals surface area contributed by atoms with Crippen LogP contribution in [0.25, 0.3) is 10.2 Å². The van der Waals surface area contributed by atoms with E-state index >= 15 is 0 Å². The molecule has 0 saturated carbocycles. The van der Waals surface area contributed by atoms with Crippen LogP contribution in [0.4, 0.5) is 0 Å². The van der Waals surface area contributed by atoms with Gasteiger partial charge in [0.25, 0.3) is 5.56 Å². The number of fused-ring (bicyclic) bond motifs is 1. The Morgan fingerprint density at radius 3 is 2.89 bits per heavy atom. The lowest BCUT2D eigenvalue weighted by Crippen LogP contribution is -2.31. The fourth-order valence-corrected chi connectivity index (χ4v) is 4.45. The minimum atomic E-state index is -0.388. The van der Waals surface area contributed by atoms with Crippen LogP contribution in [0, 0.1) is 0 Å². The molecular weight excluding hydrogens is 382 g/mol. The molecule has 3 aromatic rings. The molecule has 0 bridgehead atoms. The third-order valence-electron chi connectivity index (χ3n) is 4.14. The SMILES string of the molecule is CCn1c(SC(C)C(=O)NCc2ccccc2OC)nc2ccsc2c1=O. The quantitative estimate of drug-likeness (QED) is 0.484. The number of methoxy groups -OCH3 is 1. The molecule has 0 saturated heterocycles. The van der Waals surface area contributed by atoms with Crippen molar-refractivity contribution in [3.63, 3.8) is 0 Å². The van der Waals surface area contributed by atoms with Gasteiger partial charge in [-0.05, 0) is 31.4 Å². The molecule has 1 unspecified atom stereocenters. The number of hydrogen-bond acceptors (Lipinski definition) is 6. The molecular formula is C19H21N3O3S2. The van der Waals surface area contributed by atoms with E-state index in [1.807, 2.05) is 49.6 Å². The largest absolute Gasteiger partial charge is 0.496 e. The number of thioether (sulfide) groups is 1. The topological polar surface area (TPSA) is 73.2 Å². The zero-order chi connectivity index (χ0) is 19.4. The van der Waals surface area contributed by atoms with Crippen molar-refractivity contribution in [2.75, 3.05) is 7.11 Å². The highest BCUT2D eigenvalue weighted by atomic mass is 32.2. The van der Waals surface area contributed by atoms with Gasteiger partial charge in [-0.3, -0.25) is 14.2 Å². The van der Waals surface area contributed by atoms with Gasteiger partial charge in [0.05, 0.1) is 17.9 Å². The molecule has 0 fully saturated rings. The number of carbonyl (C=O) groups is 1. The van der Waals surface area contributed by atoms with E-state index in [1.165, 1.54) is 23.1 Å². The van der Waals surface area contributed by atoms with Gasteiger partial charge in [0.15, 0.2) is 5.16 Å². The number of nitrogens with zero attached hydrogens (tertiary/aromatic N) is 2. The van der Waals surface area contributed by atoms with Crippen molar-refractivity contribution in [2.45, 2.75) is 37.3 Å². The second-order valence-electron chi connectivity index (χ2n) is 5.87. The number of carbonyl (C=O) groups excluding carboxylic acids is 1. The predicted octanol–water partition coefficient (Wildman–Crippen LogP) is 3.28. The zero-order valence-corrected chi connectivity index (χ0v) is 17.0. The van der Waals surface area contributed by atoms with Crippen molar-refractivity contribution in [2.24, 2.45) is 0 Å². The molecule has 0 aliphatic heterocycles. The van der Waals surface area contributed by atoms with Gasteiger partial charge < -0.3 is 10.1 Å². The van der Waals surface area contributed by atoms with E-state index in [0.29, 0.717) is 28.5 Å². The van der Waals surface area contributed by atoms with Gasteiger partial charge in [-0.15, -0.1) is 11.3 Å². The number of aromatic nitrogens is 2. The van der Waals surface area contributed by atoms with Crippen LogP contribution < -0.4 is 15.6 Å². The highest BCUT2D eigenvalue weighted by Crippen LogP contribution is 2.24. The summed E-state index contributed by atoms with van der Waals surface area (Å²) in [7, 11) is 1.61. The Balaban J connectivity index is 1.73. The second kappa shape index (κ2) is 8.58. The first-order chi connectivity index (χ1) is 13.0. The van der Waals surface area contributed by atoms with Gasteiger partial charge in [-0.25, -0.2) is 4.98 Å². The molecule has 1 amide bonds. The molecule has 1 N–H and O–H groups in total. The first-order valence-electron chi connectivity index (χ1n) is 8.59. The number of ether oxygens (including phenoxy) is 1. The smallest absolute Gasteiger partial charge is 0.272 e. The maximum Gasteiger partial charge on any atom is 0.272 e. The highest BCUT2D eigenvalue weighted by Gasteiger charge is 2.19. The molecule has 2 aromatic heterocycles. The molecule has 1 atom stereocenters. The van der Waals surface area contributed by atoms with Crippen LogP contribution in [-0.4, -0.2) is 27.8 Å². The highest BCUT2D eigenvalue weighted by molar-refractivity contribution is 8.00. The summed E-state index contributed by atoms with van der Waals surface area (Å²) in [6.45, 7) is 4.61. The third-order valence-corrected chi connectivity index (χ3v) is 6.13. The van der Waals surface area contributed by atoms with Crippen LogP contribution in [0.1, 0.15) is 19.4 Å². The van der Waals surface area contributed by atoms with Crippen molar-refractivity contribution >= 4 is 39.2 Å². The summed E-state index contributed by atoms with van der Waals surface area (Å²) < 4.78 is 7.57. The summed E-state index contributed by atoms with van der Waals surface area (Å²) in [5.74, 6) is 0.621. The first-order valence-corrected chi connectivity index (χ1v) is 10.3. The lowest BCUT2D eigenvalue weighted by Gasteiger charge is -2.15. The minimum absolute atomic E-state index is 0.0540. The molecule has 3 rings (SSSR count). The third kappa shape index (κ3) is 4.17. The summed E-state index contributed by atoms with van der Waals surface area (Å²) >= 11 is 2.68. The Bertz CT molecular complexity index is 1010. The number of nitrogens with one attached hydrogen (secondary N) is 1. The maximum atomic E-state index is 12.6. The number of benzene rings is 1. The van der Waals surface area contributed by atoms with E-state index in [9.17, 15) is 9.59 Å². The van der Waals surface area contributed by atoms with Crippen LogP contribution in [0.2, 0.25) is 0 Å². The average Bonchev–Trinajstić information content (AvgIpc) is 3.15. The average molecular weight is 404 g/mol. The van der Waals surface area contributed by atoms with Crippen molar-refractivity contribution in [1.82, 2.24) is 14.9 Å². The Kier molecular flexibility index (Phi) is 6.18. The molecule has 0 spiro atoms. The van der Waals surface area contributed by atoms with E-state index in [1.54, 1.807) is 11.7 Å². The van der Waals surface area contributed by atoms with E-state index in [0.717, 1.165) is 11.3 Å². The Morgan fingerprint density at radius 1 is 1.37 bits per heavy atom. The standard InChI is InChI=1S/C19H21N3O3S2/c1-4-22-18(24)16-14(9-10-26-16)21-19(22)27-12(2)17(23)20-11-13-7-5-6-8-15(13)25-3/h5-10,12H,4,11H2,1-3H3,(H,20,23). The number of hydrogen-bond donors (Lipinski definition) is 1. The molecule has 0 aliphatic rings. The molecule has 0 aliphatic carbocycles. The van der Waals surface area contributed by atoms with Crippen LogP contribution in [0.3, 0.4) is 0 Å². The van der Waals surface area contributed by atoms with Crippen molar-refractivity contribution in [3.05, 3.63) is 51.6 Å². The van der Waals surface area contributed by atoms with Gasteiger partial charge in [0, 0.05) is 18.7 Å². The van der Waals surface area contributed by atoms with Gasteiger partial charge in [-0.2, -0.15) is 0 Å². The molecule has 1 aromatic carbocycles. The normalized spacial score (nSPS) is 12.1.